The molecule has 5 heteroatoms. The summed E-state index contributed by atoms with van der Waals surface area (Å²) < 4.78 is 2.27. The third-order valence-electron chi connectivity index (χ3n) is 7.28. The lowest BCUT2D eigenvalue weighted by Crippen LogP contribution is -2.53. The van der Waals surface area contributed by atoms with Crippen LogP contribution in [0, 0.1) is 18.8 Å². The van der Waals surface area contributed by atoms with E-state index in [9.17, 15) is 4.79 Å². The van der Waals surface area contributed by atoms with Gasteiger partial charge in [-0.25, -0.2) is 4.98 Å². The number of amides is 1. The highest BCUT2D eigenvalue weighted by atomic mass is 16.2. The van der Waals surface area contributed by atoms with Crippen molar-refractivity contribution in [1.29, 1.82) is 0 Å². The van der Waals surface area contributed by atoms with Crippen LogP contribution in [-0.2, 0) is 13.0 Å². The van der Waals surface area contributed by atoms with Gasteiger partial charge in [-0.15, -0.1) is 0 Å². The lowest BCUT2D eigenvalue weighted by Gasteiger charge is -2.41. The van der Waals surface area contributed by atoms with Gasteiger partial charge in [-0.3, -0.25) is 9.69 Å². The third kappa shape index (κ3) is 2.62. The largest absolute Gasteiger partial charge is 0.335 e. The highest BCUT2D eigenvalue weighted by Gasteiger charge is 2.43. The van der Waals surface area contributed by atoms with E-state index in [4.69, 9.17) is 0 Å². The average molecular weight is 342 g/mol. The third-order valence-corrected chi connectivity index (χ3v) is 7.28. The second-order valence-electron chi connectivity index (χ2n) is 8.63. The van der Waals surface area contributed by atoms with Crippen LogP contribution in [-0.4, -0.2) is 57.5 Å². The topological polar surface area (TPSA) is 41.4 Å². The minimum absolute atomic E-state index is 0.173. The van der Waals surface area contributed by atoms with Gasteiger partial charge in [0.1, 0.15) is 11.5 Å². The van der Waals surface area contributed by atoms with Crippen LogP contribution < -0.4 is 0 Å². The van der Waals surface area contributed by atoms with Crippen molar-refractivity contribution in [2.24, 2.45) is 11.8 Å². The Morgan fingerprint density at radius 1 is 1.04 bits per heavy atom. The Balaban J connectivity index is 1.26. The van der Waals surface area contributed by atoms with E-state index < -0.39 is 0 Å². The van der Waals surface area contributed by atoms with Gasteiger partial charge in [0.2, 0.25) is 0 Å². The molecule has 2 aliphatic heterocycles. The molecule has 1 saturated heterocycles. The number of hydrogen-bond acceptors (Lipinski definition) is 3. The van der Waals surface area contributed by atoms with E-state index in [0.717, 1.165) is 68.5 Å². The van der Waals surface area contributed by atoms with Gasteiger partial charge in [-0.1, -0.05) is 6.42 Å². The lowest BCUT2D eigenvalue weighted by molar-refractivity contribution is 0.0490. The molecule has 2 saturated carbocycles. The molecule has 3 fully saturated rings. The standard InChI is InChI=1S/C20H30N4O/c1-14-21-19(17-4-2-3-7-24(14)17)20(25)23-10-8-22(9-11-23)18-13-15-5-6-16(18)12-15/h15-16,18H,2-13H2,1H3. The highest BCUT2D eigenvalue weighted by molar-refractivity contribution is 5.93. The van der Waals surface area contributed by atoms with E-state index in [1.807, 2.05) is 6.92 Å². The highest BCUT2D eigenvalue weighted by Crippen LogP contribution is 2.46. The summed E-state index contributed by atoms with van der Waals surface area (Å²) in [6, 6.07) is 0.804. The number of carbonyl (C=O) groups is 1. The van der Waals surface area contributed by atoms with Crippen LogP contribution in [0.2, 0.25) is 0 Å². The molecule has 1 aromatic rings. The first kappa shape index (κ1) is 15.9. The number of rotatable bonds is 2. The fourth-order valence-electron chi connectivity index (χ4n) is 5.96. The second-order valence-corrected chi connectivity index (χ2v) is 8.63. The van der Waals surface area contributed by atoms with Crippen molar-refractivity contribution in [3.05, 3.63) is 17.2 Å². The molecule has 1 aromatic heterocycles. The number of hydrogen-bond donors (Lipinski definition) is 0. The zero-order chi connectivity index (χ0) is 17.0. The maximum Gasteiger partial charge on any atom is 0.274 e. The predicted molar refractivity (Wildman–Crippen MR) is 96.6 cm³/mol. The van der Waals surface area contributed by atoms with Crippen molar-refractivity contribution >= 4 is 5.91 Å². The first-order valence-corrected chi connectivity index (χ1v) is 10.3. The molecule has 5 rings (SSSR count). The quantitative estimate of drug-likeness (QED) is 0.829. The van der Waals surface area contributed by atoms with Crippen molar-refractivity contribution in [2.45, 2.75) is 64.5 Å². The summed E-state index contributed by atoms with van der Waals surface area (Å²) in [7, 11) is 0. The van der Waals surface area contributed by atoms with Gasteiger partial charge >= 0.3 is 0 Å². The molecule has 25 heavy (non-hydrogen) atoms. The molecule has 2 bridgehead atoms. The van der Waals surface area contributed by atoms with Crippen LogP contribution >= 0.6 is 0 Å². The van der Waals surface area contributed by atoms with Crippen LogP contribution in [0.1, 0.15) is 60.5 Å². The maximum absolute atomic E-state index is 13.1. The summed E-state index contributed by atoms with van der Waals surface area (Å²) in [5, 5.41) is 0. The molecule has 5 nitrogen and oxygen atoms in total. The number of aryl methyl sites for hydroxylation is 1. The molecule has 1 amide bonds. The summed E-state index contributed by atoms with van der Waals surface area (Å²) in [4.78, 5) is 22.5. The molecule has 4 aliphatic rings. The van der Waals surface area contributed by atoms with Crippen molar-refractivity contribution < 1.29 is 4.79 Å². The number of aromatic nitrogens is 2. The van der Waals surface area contributed by atoms with Gasteiger partial charge in [-0.2, -0.15) is 0 Å². The van der Waals surface area contributed by atoms with E-state index in [1.54, 1.807) is 0 Å². The monoisotopic (exact) mass is 342 g/mol. The van der Waals surface area contributed by atoms with Crippen LogP contribution in [0.4, 0.5) is 0 Å². The molecule has 0 radical (unpaired) electrons. The van der Waals surface area contributed by atoms with E-state index >= 15 is 0 Å². The van der Waals surface area contributed by atoms with Gasteiger partial charge in [0.25, 0.3) is 5.91 Å². The lowest BCUT2D eigenvalue weighted by atomic mass is 9.93. The minimum Gasteiger partial charge on any atom is -0.335 e. The van der Waals surface area contributed by atoms with Crippen LogP contribution in [0.15, 0.2) is 0 Å². The summed E-state index contributed by atoms with van der Waals surface area (Å²) in [5.41, 5.74) is 1.93. The van der Waals surface area contributed by atoms with Gasteiger partial charge < -0.3 is 9.47 Å². The number of imidazole rings is 1. The van der Waals surface area contributed by atoms with Crippen molar-refractivity contribution in [2.75, 3.05) is 26.2 Å². The van der Waals surface area contributed by atoms with Gasteiger partial charge in [0.15, 0.2) is 0 Å². The van der Waals surface area contributed by atoms with Crippen molar-refractivity contribution in [3.63, 3.8) is 0 Å². The Bertz CT molecular complexity index is 673. The Kier molecular flexibility index (Phi) is 3.88. The number of fused-ring (bicyclic) bond motifs is 3. The Morgan fingerprint density at radius 2 is 1.88 bits per heavy atom. The molecular formula is C20H30N4O. The zero-order valence-corrected chi connectivity index (χ0v) is 15.4. The molecule has 2 aliphatic carbocycles. The summed E-state index contributed by atoms with van der Waals surface area (Å²) in [6.07, 6.45) is 9.17. The summed E-state index contributed by atoms with van der Waals surface area (Å²) in [6.45, 7) is 6.91. The van der Waals surface area contributed by atoms with Crippen LogP contribution in [0.5, 0.6) is 0 Å². The fourth-order valence-corrected chi connectivity index (χ4v) is 5.96. The van der Waals surface area contributed by atoms with Gasteiger partial charge in [-0.05, 0) is 57.3 Å². The Labute approximate surface area is 150 Å². The first-order valence-electron chi connectivity index (χ1n) is 10.3. The predicted octanol–water partition coefficient (Wildman–Crippen LogP) is 2.47. The number of piperazine rings is 1. The van der Waals surface area contributed by atoms with Crippen molar-refractivity contribution in [1.82, 2.24) is 19.4 Å². The van der Waals surface area contributed by atoms with E-state index in [1.165, 1.54) is 44.2 Å². The average Bonchev–Trinajstić information content (AvgIpc) is 3.36. The molecule has 0 aromatic carbocycles. The van der Waals surface area contributed by atoms with Crippen LogP contribution in [0.25, 0.3) is 0 Å². The molecule has 0 N–H and O–H groups in total. The van der Waals surface area contributed by atoms with E-state index in [2.05, 4.69) is 19.4 Å². The maximum atomic E-state index is 13.1. The normalized spacial score (nSPS) is 32.2. The van der Waals surface area contributed by atoms with E-state index in [0.29, 0.717) is 0 Å². The zero-order valence-electron chi connectivity index (χ0n) is 15.4. The molecule has 3 atom stereocenters. The first-order chi connectivity index (χ1) is 12.2. The SMILES string of the molecule is Cc1nc(C(=O)N2CCN(C3CC4CCC3C4)CC2)c2n1CCCC2. The molecular weight excluding hydrogens is 312 g/mol. The van der Waals surface area contributed by atoms with Crippen molar-refractivity contribution in [3.8, 4) is 0 Å². The fraction of sp³-hybridized carbons (Fsp3) is 0.800. The minimum atomic E-state index is 0.173. The Morgan fingerprint density at radius 3 is 2.60 bits per heavy atom. The number of nitrogens with zero attached hydrogens (tertiary/aromatic N) is 4. The second kappa shape index (κ2) is 6.11. The van der Waals surface area contributed by atoms with E-state index in [-0.39, 0.29) is 5.91 Å². The summed E-state index contributed by atoms with van der Waals surface area (Å²) >= 11 is 0. The molecule has 136 valence electrons. The smallest absolute Gasteiger partial charge is 0.274 e. The summed E-state index contributed by atoms with van der Waals surface area (Å²) in [5.74, 6) is 3.12. The van der Waals surface area contributed by atoms with Crippen LogP contribution in [0.3, 0.4) is 0 Å². The van der Waals surface area contributed by atoms with Gasteiger partial charge in [0, 0.05) is 38.8 Å². The molecule has 3 heterocycles. The van der Waals surface area contributed by atoms with Gasteiger partial charge in [0.05, 0.1) is 5.69 Å². The molecule has 3 unspecified atom stereocenters. The number of carbonyl (C=O) groups excluding carboxylic acids is 1. The molecule has 0 spiro atoms. The Hall–Kier alpha value is -1.36.